The van der Waals surface area contributed by atoms with Gasteiger partial charge in [0, 0.05) is 12.1 Å². The van der Waals surface area contributed by atoms with Crippen molar-refractivity contribution >= 4 is 17.3 Å². The van der Waals surface area contributed by atoms with Crippen LogP contribution in [0.2, 0.25) is 0 Å². The van der Waals surface area contributed by atoms with Crippen LogP contribution in [0.15, 0.2) is 48.5 Å². The lowest BCUT2D eigenvalue weighted by molar-refractivity contribution is -0.937. The van der Waals surface area contributed by atoms with E-state index in [1.54, 1.807) is 12.1 Å². The van der Waals surface area contributed by atoms with E-state index in [9.17, 15) is 8.78 Å². The Labute approximate surface area is 163 Å². The van der Waals surface area contributed by atoms with Crippen LogP contribution in [0.25, 0.3) is 0 Å². The average Bonchev–Trinajstić information content (AvgIpc) is 2.70. The van der Waals surface area contributed by atoms with E-state index in [1.807, 2.05) is 12.1 Å². The van der Waals surface area contributed by atoms with Crippen LogP contribution < -0.4 is 15.5 Å². The van der Waals surface area contributed by atoms with Gasteiger partial charge in [0.05, 0.1) is 19.8 Å². The first kappa shape index (κ1) is 19.7. The summed E-state index contributed by atoms with van der Waals surface area (Å²) < 4.78 is 31.7. The Kier molecular flexibility index (Phi) is 7.09. The van der Waals surface area contributed by atoms with Gasteiger partial charge in [0.2, 0.25) is 0 Å². The Hall–Kier alpha value is -2.09. The second-order valence-corrected chi connectivity index (χ2v) is 6.97. The minimum absolute atomic E-state index is 0.153. The van der Waals surface area contributed by atoms with Crippen molar-refractivity contribution in [1.29, 1.82) is 0 Å². The molecule has 0 bridgehead atoms. The van der Waals surface area contributed by atoms with Crippen molar-refractivity contribution in [2.75, 3.05) is 32.8 Å². The molecule has 0 aliphatic carbocycles. The van der Waals surface area contributed by atoms with Gasteiger partial charge in [0.1, 0.15) is 30.8 Å². The van der Waals surface area contributed by atoms with Gasteiger partial charge in [-0.3, -0.25) is 0 Å². The Bertz CT molecular complexity index is 734. The highest BCUT2D eigenvalue weighted by molar-refractivity contribution is 7.80. The molecule has 27 heavy (non-hydrogen) atoms. The molecule has 1 atom stereocenters. The van der Waals surface area contributed by atoms with E-state index in [4.69, 9.17) is 17.0 Å². The molecule has 1 fully saturated rings. The molecule has 144 valence electrons. The third kappa shape index (κ3) is 5.95. The Morgan fingerprint density at radius 3 is 2.19 bits per heavy atom. The topological polar surface area (TPSA) is 37.7 Å². The zero-order valence-electron chi connectivity index (χ0n) is 15.0. The van der Waals surface area contributed by atoms with Gasteiger partial charge in [0.15, 0.2) is 5.11 Å². The summed E-state index contributed by atoms with van der Waals surface area (Å²) in [4.78, 5) is 1.39. The number of hydrogen-bond donors (Lipinski definition) is 3. The lowest BCUT2D eigenvalue weighted by Gasteiger charge is -2.32. The van der Waals surface area contributed by atoms with Crippen molar-refractivity contribution < 1.29 is 18.4 Å². The minimum Gasteiger partial charge on any atom is -0.370 e. The molecular weight excluding hydrogens is 368 g/mol. The molecule has 3 N–H and O–H groups in total. The monoisotopic (exact) mass is 392 g/mol. The quantitative estimate of drug-likeness (QED) is 0.653. The number of morpholine rings is 1. The summed E-state index contributed by atoms with van der Waals surface area (Å²) in [6.45, 7) is 4.41. The number of quaternary nitrogens is 1. The van der Waals surface area contributed by atoms with Crippen LogP contribution >= 0.6 is 12.2 Å². The average molecular weight is 392 g/mol. The van der Waals surface area contributed by atoms with E-state index in [-0.39, 0.29) is 17.7 Å². The number of hydrogen-bond acceptors (Lipinski definition) is 2. The fraction of sp³-hybridized carbons (Fsp3) is 0.350. The maximum atomic E-state index is 13.3. The summed E-state index contributed by atoms with van der Waals surface area (Å²) in [5.41, 5.74) is 2.02. The normalized spacial score (nSPS) is 15.9. The smallest absolute Gasteiger partial charge is 0.166 e. The van der Waals surface area contributed by atoms with Crippen LogP contribution in [0.1, 0.15) is 17.2 Å². The molecule has 7 heteroatoms. The zero-order valence-corrected chi connectivity index (χ0v) is 15.8. The van der Waals surface area contributed by atoms with Gasteiger partial charge in [-0.2, -0.15) is 0 Å². The minimum atomic E-state index is -0.255. The van der Waals surface area contributed by atoms with Crippen LogP contribution in [0, 0.1) is 11.6 Å². The molecule has 2 aromatic carbocycles. The number of nitrogens with one attached hydrogen (secondary N) is 3. The van der Waals surface area contributed by atoms with Gasteiger partial charge >= 0.3 is 0 Å². The van der Waals surface area contributed by atoms with Crippen LogP contribution in [0.3, 0.4) is 0 Å². The molecule has 1 aliphatic rings. The van der Waals surface area contributed by atoms with Gasteiger partial charge < -0.3 is 20.3 Å². The first-order valence-electron chi connectivity index (χ1n) is 9.06. The molecule has 0 radical (unpaired) electrons. The zero-order chi connectivity index (χ0) is 19.1. The third-order valence-corrected chi connectivity index (χ3v) is 5.02. The molecule has 0 aromatic heterocycles. The molecular formula is C20H24F2N3OS+. The Morgan fingerprint density at radius 1 is 0.963 bits per heavy atom. The van der Waals surface area contributed by atoms with Gasteiger partial charge in [0.25, 0.3) is 0 Å². The van der Waals surface area contributed by atoms with E-state index < -0.39 is 0 Å². The predicted octanol–water partition coefficient (Wildman–Crippen LogP) is 1.59. The summed E-state index contributed by atoms with van der Waals surface area (Å²) in [6.07, 6.45) is 0. The van der Waals surface area contributed by atoms with Crippen molar-refractivity contribution in [2.45, 2.75) is 12.6 Å². The lowest BCUT2D eigenvalue weighted by atomic mass is 10.0. The SMILES string of the molecule is Fc1ccc(CNC(=S)NC[C@@H](c2ccc(F)cc2)[NH+]2CCOCC2)cc1. The highest BCUT2D eigenvalue weighted by Gasteiger charge is 2.26. The number of benzene rings is 2. The maximum Gasteiger partial charge on any atom is 0.166 e. The molecule has 2 aromatic rings. The van der Waals surface area contributed by atoms with E-state index in [1.165, 1.54) is 29.2 Å². The molecule has 1 heterocycles. The van der Waals surface area contributed by atoms with Crippen LogP contribution in [0.4, 0.5) is 8.78 Å². The predicted molar refractivity (Wildman–Crippen MR) is 104 cm³/mol. The summed E-state index contributed by atoms with van der Waals surface area (Å²) in [7, 11) is 0. The first-order valence-corrected chi connectivity index (χ1v) is 9.46. The second-order valence-electron chi connectivity index (χ2n) is 6.56. The largest absolute Gasteiger partial charge is 0.370 e. The molecule has 0 saturated carbocycles. The fourth-order valence-electron chi connectivity index (χ4n) is 3.22. The van der Waals surface area contributed by atoms with Crippen LogP contribution in [-0.2, 0) is 11.3 Å². The summed E-state index contributed by atoms with van der Waals surface area (Å²) >= 11 is 5.38. The van der Waals surface area contributed by atoms with Crippen LogP contribution in [0.5, 0.6) is 0 Å². The Morgan fingerprint density at radius 2 is 1.56 bits per heavy atom. The van der Waals surface area contributed by atoms with Crippen molar-refractivity contribution in [3.05, 3.63) is 71.3 Å². The Balaban J connectivity index is 1.57. The van der Waals surface area contributed by atoms with E-state index in [2.05, 4.69) is 10.6 Å². The molecule has 1 saturated heterocycles. The first-order chi connectivity index (χ1) is 13.1. The maximum absolute atomic E-state index is 13.3. The van der Waals surface area contributed by atoms with Crippen molar-refractivity contribution in [3.63, 3.8) is 0 Å². The highest BCUT2D eigenvalue weighted by atomic mass is 32.1. The summed E-state index contributed by atoms with van der Waals surface area (Å²) in [5, 5.41) is 6.95. The van der Waals surface area contributed by atoms with E-state index in [0.29, 0.717) is 18.2 Å². The van der Waals surface area contributed by atoms with Gasteiger partial charge in [-0.25, -0.2) is 8.78 Å². The van der Waals surface area contributed by atoms with E-state index >= 15 is 0 Å². The van der Waals surface area contributed by atoms with Gasteiger partial charge in [-0.1, -0.05) is 24.3 Å². The van der Waals surface area contributed by atoms with Crippen molar-refractivity contribution in [3.8, 4) is 0 Å². The molecule has 0 spiro atoms. The summed E-state index contributed by atoms with van der Waals surface area (Å²) in [5.74, 6) is -0.492. The number of thiocarbonyl (C=S) groups is 1. The van der Waals surface area contributed by atoms with Crippen LogP contribution in [-0.4, -0.2) is 38.0 Å². The number of halogens is 2. The molecule has 1 aliphatic heterocycles. The molecule has 0 amide bonds. The number of rotatable bonds is 6. The van der Waals surface area contributed by atoms with E-state index in [0.717, 1.165) is 37.4 Å². The standard InChI is InChI=1S/C20H23F2N3OS/c21-17-5-1-15(2-6-17)13-23-20(27)24-14-19(25-9-11-26-12-10-25)16-3-7-18(22)8-4-16/h1-8,19H,9-14H2,(H2,23,24,27)/p+1/t19-/m0/s1. The molecule has 0 unspecified atom stereocenters. The molecule has 3 rings (SSSR count). The van der Waals surface area contributed by atoms with Crippen molar-refractivity contribution in [2.24, 2.45) is 0 Å². The van der Waals surface area contributed by atoms with Crippen molar-refractivity contribution in [1.82, 2.24) is 10.6 Å². The van der Waals surface area contributed by atoms with Gasteiger partial charge in [-0.05, 0) is 42.0 Å². The number of ether oxygens (including phenoxy) is 1. The van der Waals surface area contributed by atoms with Gasteiger partial charge in [-0.15, -0.1) is 0 Å². The fourth-order valence-corrected chi connectivity index (χ4v) is 3.37. The lowest BCUT2D eigenvalue weighted by Crippen LogP contribution is -3.15. The third-order valence-electron chi connectivity index (χ3n) is 4.73. The highest BCUT2D eigenvalue weighted by Crippen LogP contribution is 2.11. The molecule has 4 nitrogen and oxygen atoms in total. The second kappa shape index (κ2) is 9.73. The summed E-state index contributed by atoms with van der Waals surface area (Å²) in [6, 6.07) is 13.1.